The first-order valence-electron chi connectivity index (χ1n) is 24.5. The molecule has 0 N–H and O–H groups in total. The van der Waals surface area contributed by atoms with E-state index in [2.05, 4.69) is 248 Å². The van der Waals surface area contributed by atoms with Crippen LogP contribution in [0.2, 0.25) is 0 Å². The Morgan fingerprint density at radius 1 is 0.294 bits per heavy atom. The number of rotatable bonds is 8. The molecule has 68 heavy (non-hydrogen) atoms. The lowest BCUT2D eigenvalue weighted by molar-refractivity contribution is 0.443. The maximum atomic E-state index is 2.54. The number of fused-ring (bicyclic) bond motifs is 10. The molecule has 1 nitrogen and oxygen atoms in total. The van der Waals surface area contributed by atoms with E-state index in [-0.39, 0.29) is 0 Å². The maximum absolute atomic E-state index is 2.54. The Kier molecular flexibility index (Phi) is 9.90. The molecule has 13 rings (SSSR count). The van der Waals surface area contributed by atoms with Gasteiger partial charge in [0, 0.05) is 16.9 Å². The van der Waals surface area contributed by atoms with Gasteiger partial charge in [0.05, 0.1) is 11.1 Å². The van der Waals surface area contributed by atoms with E-state index in [4.69, 9.17) is 0 Å². The molecule has 0 aromatic heterocycles. The SMILES string of the molecule is c1ccc(-c2ccc3c(c2)C2(c4ccccc4-3)c3ccccc3-c3ccc(N(c4ccc(C5CCCCC5)cc4)c4ccccc4-c4ccccc4-c4ccccc4-c4ccccc4)cc32)cc1. The predicted molar refractivity (Wildman–Crippen MR) is 285 cm³/mol. The predicted octanol–water partition coefficient (Wildman–Crippen LogP) is 18.2. The molecule has 1 saturated carbocycles. The third-order valence-corrected chi connectivity index (χ3v) is 15.3. The van der Waals surface area contributed by atoms with Gasteiger partial charge in [-0.05, 0) is 144 Å². The zero-order chi connectivity index (χ0) is 45.0. The van der Waals surface area contributed by atoms with Crippen molar-refractivity contribution in [3.8, 4) is 66.8 Å². The van der Waals surface area contributed by atoms with Crippen LogP contribution in [0, 0.1) is 0 Å². The Hall–Kier alpha value is -8.00. The van der Waals surface area contributed by atoms with Crippen molar-refractivity contribution in [2.45, 2.75) is 43.4 Å². The molecule has 0 saturated heterocycles. The van der Waals surface area contributed by atoms with Crippen molar-refractivity contribution in [2.75, 3.05) is 4.90 Å². The molecule has 324 valence electrons. The molecular formula is C67H51N. The van der Waals surface area contributed by atoms with Crippen LogP contribution in [0.1, 0.15) is 65.8 Å². The zero-order valence-electron chi connectivity index (χ0n) is 38.2. The van der Waals surface area contributed by atoms with Gasteiger partial charge >= 0.3 is 0 Å². The van der Waals surface area contributed by atoms with Crippen LogP contribution in [0.25, 0.3) is 66.8 Å². The molecule has 1 heteroatoms. The summed E-state index contributed by atoms with van der Waals surface area (Å²) in [5.74, 6) is 0.622. The van der Waals surface area contributed by atoms with E-state index in [0.717, 1.165) is 17.1 Å². The van der Waals surface area contributed by atoms with Gasteiger partial charge in [0.15, 0.2) is 0 Å². The molecule has 10 aromatic carbocycles. The van der Waals surface area contributed by atoms with Crippen molar-refractivity contribution in [3.05, 3.63) is 270 Å². The smallest absolute Gasteiger partial charge is 0.0726 e. The highest BCUT2D eigenvalue weighted by Gasteiger charge is 2.52. The second kappa shape index (κ2) is 16.7. The topological polar surface area (TPSA) is 3.24 Å². The van der Waals surface area contributed by atoms with Crippen molar-refractivity contribution in [1.29, 1.82) is 0 Å². The zero-order valence-corrected chi connectivity index (χ0v) is 38.2. The monoisotopic (exact) mass is 869 g/mol. The number of benzene rings is 10. The Morgan fingerprint density at radius 2 is 0.750 bits per heavy atom. The van der Waals surface area contributed by atoms with E-state index in [1.165, 1.54) is 127 Å². The van der Waals surface area contributed by atoms with E-state index in [1.807, 2.05) is 0 Å². The van der Waals surface area contributed by atoms with Gasteiger partial charge in [0.2, 0.25) is 0 Å². The lowest BCUT2D eigenvalue weighted by atomic mass is 9.70. The van der Waals surface area contributed by atoms with Crippen LogP contribution in [0.15, 0.2) is 243 Å². The fourth-order valence-electron chi connectivity index (χ4n) is 12.3. The number of hydrogen-bond acceptors (Lipinski definition) is 1. The fraction of sp³-hybridized carbons (Fsp3) is 0.104. The number of anilines is 3. The van der Waals surface area contributed by atoms with Crippen LogP contribution in [0.4, 0.5) is 17.1 Å². The van der Waals surface area contributed by atoms with Crippen molar-refractivity contribution in [3.63, 3.8) is 0 Å². The van der Waals surface area contributed by atoms with E-state index in [1.54, 1.807) is 0 Å². The summed E-state index contributed by atoms with van der Waals surface area (Å²) in [5.41, 5.74) is 24.7. The molecule has 1 unspecified atom stereocenters. The summed E-state index contributed by atoms with van der Waals surface area (Å²) in [7, 11) is 0. The molecule has 1 atom stereocenters. The van der Waals surface area contributed by atoms with E-state index < -0.39 is 5.41 Å². The molecule has 0 aliphatic heterocycles. The van der Waals surface area contributed by atoms with Crippen molar-refractivity contribution < 1.29 is 0 Å². The lowest BCUT2D eigenvalue weighted by Gasteiger charge is -2.33. The average molecular weight is 870 g/mol. The van der Waals surface area contributed by atoms with Gasteiger partial charge in [0.1, 0.15) is 0 Å². The Bertz CT molecular complexity index is 3470. The maximum Gasteiger partial charge on any atom is 0.0726 e. The van der Waals surface area contributed by atoms with Crippen molar-refractivity contribution in [2.24, 2.45) is 0 Å². The highest BCUT2D eigenvalue weighted by Crippen LogP contribution is 2.64. The first-order valence-corrected chi connectivity index (χ1v) is 24.5. The molecule has 0 heterocycles. The molecule has 10 aromatic rings. The first kappa shape index (κ1) is 40.3. The minimum atomic E-state index is -0.511. The highest BCUT2D eigenvalue weighted by molar-refractivity contribution is 6.00. The standard InChI is InChI=1S/C67H51N/c1-4-20-46(21-5-1)48-36-39-51(40-37-48)68(66-35-19-16-32-61(66)56-29-13-12-28-55(56)54-27-11-10-26-53(54)49-24-8-3-9-25-49)52-41-43-60-58-31-15-18-34-63(58)67(65(60)45-52)62-33-17-14-30-57(62)59-42-38-50(44-64(59)67)47-22-6-2-7-23-47/h2-3,6-19,22-46H,1,4-5,20-21H2. The third-order valence-electron chi connectivity index (χ3n) is 15.3. The Morgan fingerprint density at radius 3 is 1.40 bits per heavy atom. The number of nitrogens with zero attached hydrogens (tertiary/aromatic N) is 1. The van der Waals surface area contributed by atoms with E-state index in [0.29, 0.717) is 5.92 Å². The van der Waals surface area contributed by atoms with Crippen molar-refractivity contribution >= 4 is 17.1 Å². The molecule has 3 aliphatic carbocycles. The van der Waals surface area contributed by atoms with Gasteiger partial charge in [0.25, 0.3) is 0 Å². The largest absolute Gasteiger partial charge is 0.310 e. The minimum Gasteiger partial charge on any atom is -0.310 e. The van der Waals surface area contributed by atoms with Gasteiger partial charge in [-0.3, -0.25) is 0 Å². The van der Waals surface area contributed by atoms with Gasteiger partial charge in [-0.2, -0.15) is 0 Å². The lowest BCUT2D eigenvalue weighted by Crippen LogP contribution is -2.26. The van der Waals surface area contributed by atoms with Crippen LogP contribution in [-0.4, -0.2) is 0 Å². The number of para-hydroxylation sites is 1. The third kappa shape index (κ3) is 6.44. The summed E-state index contributed by atoms with van der Waals surface area (Å²) in [5, 5.41) is 0. The number of hydrogen-bond donors (Lipinski definition) is 0. The average Bonchev–Trinajstić information content (AvgIpc) is 3.89. The molecule has 3 aliphatic rings. The molecule has 1 fully saturated rings. The molecular weight excluding hydrogens is 819 g/mol. The van der Waals surface area contributed by atoms with Crippen molar-refractivity contribution in [1.82, 2.24) is 0 Å². The minimum absolute atomic E-state index is 0.511. The molecule has 0 bridgehead atoms. The Balaban J connectivity index is 1.04. The molecule has 0 radical (unpaired) electrons. The van der Waals surface area contributed by atoms with Crippen LogP contribution < -0.4 is 4.90 Å². The summed E-state index contributed by atoms with van der Waals surface area (Å²) in [6.45, 7) is 0. The van der Waals surface area contributed by atoms with Gasteiger partial charge < -0.3 is 4.90 Å². The summed E-state index contributed by atoms with van der Waals surface area (Å²) in [4.78, 5) is 2.54. The summed E-state index contributed by atoms with van der Waals surface area (Å²) in [6, 6.07) is 91.0. The van der Waals surface area contributed by atoms with E-state index in [9.17, 15) is 0 Å². The first-order chi connectivity index (χ1) is 33.8. The normalized spacial score (nSPS) is 15.6. The second-order valence-corrected chi connectivity index (χ2v) is 18.9. The Labute approximate surface area is 400 Å². The fourth-order valence-corrected chi connectivity index (χ4v) is 12.3. The van der Waals surface area contributed by atoms with Crippen LogP contribution in [0.5, 0.6) is 0 Å². The van der Waals surface area contributed by atoms with Gasteiger partial charge in [-0.1, -0.05) is 226 Å². The van der Waals surface area contributed by atoms with Crippen LogP contribution in [0.3, 0.4) is 0 Å². The summed E-state index contributed by atoms with van der Waals surface area (Å²) < 4.78 is 0. The molecule has 0 amide bonds. The van der Waals surface area contributed by atoms with Gasteiger partial charge in [-0.15, -0.1) is 0 Å². The summed E-state index contributed by atoms with van der Waals surface area (Å²) in [6.07, 6.45) is 6.53. The van der Waals surface area contributed by atoms with Crippen LogP contribution in [-0.2, 0) is 5.41 Å². The second-order valence-electron chi connectivity index (χ2n) is 18.9. The molecule has 1 spiro atoms. The quantitative estimate of drug-likeness (QED) is 0.147. The highest BCUT2D eigenvalue weighted by atomic mass is 15.1. The van der Waals surface area contributed by atoms with E-state index >= 15 is 0 Å². The van der Waals surface area contributed by atoms with Crippen LogP contribution >= 0.6 is 0 Å². The van der Waals surface area contributed by atoms with Gasteiger partial charge in [-0.25, -0.2) is 0 Å². The summed E-state index contributed by atoms with van der Waals surface area (Å²) >= 11 is 0.